The number of nitrogens with zero attached hydrogens (tertiary/aromatic N) is 2. The minimum atomic E-state index is 0.223. The normalized spacial score (nSPS) is 21.5. The van der Waals surface area contributed by atoms with Gasteiger partial charge in [0.25, 0.3) is 5.91 Å². The van der Waals surface area contributed by atoms with Crippen LogP contribution in [0.3, 0.4) is 0 Å². The highest BCUT2D eigenvalue weighted by Gasteiger charge is 2.29. The minimum absolute atomic E-state index is 0.223. The van der Waals surface area contributed by atoms with Crippen molar-refractivity contribution < 1.29 is 4.79 Å². The van der Waals surface area contributed by atoms with Crippen molar-refractivity contribution in [2.24, 2.45) is 0 Å². The highest BCUT2D eigenvalue weighted by atomic mass is 32.1. The van der Waals surface area contributed by atoms with E-state index in [4.69, 9.17) is 0 Å². The summed E-state index contributed by atoms with van der Waals surface area (Å²) in [5.74, 6) is 0.909. The van der Waals surface area contributed by atoms with Gasteiger partial charge in [-0.25, -0.2) is 0 Å². The van der Waals surface area contributed by atoms with E-state index < -0.39 is 0 Å². The maximum atomic E-state index is 12.8. The van der Waals surface area contributed by atoms with Crippen molar-refractivity contribution >= 4 is 17.2 Å². The monoisotopic (exact) mass is 409 g/mol. The second kappa shape index (κ2) is 8.21. The molecule has 3 fully saturated rings. The van der Waals surface area contributed by atoms with Crippen LogP contribution in [0.2, 0.25) is 0 Å². The third kappa shape index (κ3) is 3.88. The molecule has 3 saturated heterocycles. The van der Waals surface area contributed by atoms with Gasteiger partial charge in [-0.2, -0.15) is 0 Å². The van der Waals surface area contributed by atoms with Crippen LogP contribution in [0.1, 0.15) is 52.4 Å². The minimum Gasteiger partial charge on any atom is -0.338 e. The zero-order valence-corrected chi connectivity index (χ0v) is 18.1. The molecule has 0 unspecified atom stereocenters. The van der Waals surface area contributed by atoms with Crippen LogP contribution in [0.5, 0.6) is 0 Å². The molecule has 1 N–H and O–H groups in total. The number of rotatable bonds is 4. The van der Waals surface area contributed by atoms with Gasteiger partial charge >= 0.3 is 0 Å². The third-order valence-electron chi connectivity index (χ3n) is 6.98. The van der Waals surface area contributed by atoms with E-state index in [1.165, 1.54) is 55.0 Å². The first-order chi connectivity index (χ1) is 14.2. The summed E-state index contributed by atoms with van der Waals surface area (Å²) in [5.41, 5.74) is 3.82. The van der Waals surface area contributed by atoms with Gasteiger partial charge < -0.3 is 10.2 Å². The zero-order valence-electron chi connectivity index (χ0n) is 17.3. The Hall–Kier alpha value is -1.69. The van der Waals surface area contributed by atoms with Gasteiger partial charge in [-0.05, 0) is 74.4 Å². The molecule has 1 aromatic heterocycles. The molecule has 3 aliphatic heterocycles. The van der Waals surface area contributed by atoms with Gasteiger partial charge in [-0.3, -0.25) is 9.69 Å². The molecule has 4 heterocycles. The van der Waals surface area contributed by atoms with Gasteiger partial charge in [0.15, 0.2) is 0 Å². The molecule has 3 aliphatic rings. The van der Waals surface area contributed by atoms with Gasteiger partial charge in [-0.1, -0.05) is 24.3 Å². The summed E-state index contributed by atoms with van der Waals surface area (Å²) in [6, 6.07) is 12.1. The number of hydrogen-bond acceptors (Lipinski definition) is 4. The lowest BCUT2D eigenvalue weighted by Gasteiger charge is -2.42. The number of carbonyl (C=O) groups excluding carboxylic acids is 1. The number of benzene rings is 1. The van der Waals surface area contributed by atoms with Gasteiger partial charge in [0.2, 0.25) is 0 Å². The van der Waals surface area contributed by atoms with Crippen LogP contribution in [-0.2, 0) is 0 Å². The molecular weight excluding hydrogens is 378 g/mol. The summed E-state index contributed by atoms with van der Waals surface area (Å²) in [6.07, 6.45) is 4.81. The molecule has 0 saturated carbocycles. The number of nitrogens with one attached hydrogen (secondary N) is 1. The van der Waals surface area contributed by atoms with Crippen molar-refractivity contribution in [3.8, 4) is 10.4 Å². The topological polar surface area (TPSA) is 35.6 Å². The van der Waals surface area contributed by atoms with E-state index >= 15 is 0 Å². The Kier molecular flexibility index (Phi) is 5.46. The fourth-order valence-electron chi connectivity index (χ4n) is 4.95. The van der Waals surface area contributed by atoms with E-state index in [9.17, 15) is 4.79 Å². The maximum absolute atomic E-state index is 12.8. The van der Waals surface area contributed by atoms with Crippen LogP contribution in [0, 0.1) is 6.92 Å². The zero-order chi connectivity index (χ0) is 19.8. The Bertz CT molecular complexity index is 857. The van der Waals surface area contributed by atoms with Crippen LogP contribution in [0.4, 0.5) is 0 Å². The van der Waals surface area contributed by atoms with Gasteiger partial charge in [0.05, 0.1) is 4.88 Å². The fraction of sp³-hybridized carbons (Fsp3) is 0.542. The van der Waals surface area contributed by atoms with Crippen LogP contribution in [0.15, 0.2) is 30.3 Å². The highest BCUT2D eigenvalue weighted by molar-refractivity contribution is 7.17. The predicted molar refractivity (Wildman–Crippen MR) is 120 cm³/mol. The van der Waals surface area contributed by atoms with Gasteiger partial charge in [-0.15, -0.1) is 11.3 Å². The van der Waals surface area contributed by atoms with Crippen molar-refractivity contribution in [1.82, 2.24) is 15.1 Å². The number of likely N-dealkylation sites (tertiary alicyclic amines) is 2. The van der Waals surface area contributed by atoms with Crippen molar-refractivity contribution in [2.45, 2.75) is 44.6 Å². The Morgan fingerprint density at radius 2 is 1.72 bits per heavy atom. The lowest BCUT2D eigenvalue weighted by atomic mass is 9.88. The first-order valence-corrected chi connectivity index (χ1v) is 12.0. The molecule has 4 nitrogen and oxygen atoms in total. The highest BCUT2D eigenvalue weighted by Crippen LogP contribution is 2.35. The predicted octanol–water partition coefficient (Wildman–Crippen LogP) is 4.11. The average Bonchev–Trinajstić information content (AvgIpc) is 3.37. The summed E-state index contributed by atoms with van der Waals surface area (Å²) >= 11 is 1.66. The number of carbonyl (C=O) groups is 1. The van der Waals surface area contributed by atoms with Crippen LogP contribution >= 0.6 is 11.3 Å². The lowest BCUT2D eigenvalue weighted by Crippen LogP contribution is -2.58. The molecule has 0 aliphatic carbocycles. The molecule has 5 rings (SSSR count). The fourth-order valence-corrected chi connectivity index (χ4v) is 6.10. The summed E-state index contributed by atoms with van der Waals surface area (Å²) in [5, 5.41) is 3.39. The molecule has 5 heteroatoms. The third-order valence-corrected chi connectivity index (χ3v) is 8.25. The Morgan fingerprint density at radius 3 is 2.34 bits per heavy atom. The lowest BCUT2D eigenvalue weighted by molar-refractivity contribution is 0.0797. The Morgan fingerprint density at radius 1 is 1.03 bits per heavy atom. The number of amides is 1. The summed E-state index contributed by atoms with van der Waals surface area (Å²) in [7, 11) is 0. The molecule has 0 radical (unpaired) electrons. The van der Waals surface area contributed by atoms with Crippen LogP contribution < -0.4 is 5.32 Å². The first kappa shape index (κ1) is 19.3. The quantitative estimate of drug-likeness (QED) is 0.825. The molecule has 0 spiro atoms. The summed E-state index contributed by atoms with van der Waals surface area (Å²) in [4.78, 5) is 19.6. The second-order valence-electron chi connectivity index (χ2n) is 8.87. The molecule has 1 aromatic carbocycles. The second-order valence-corrected chi connectivity index (χ2v) is 9.92. The summed E-state index contributed by atoms with van der Waals surface area (Å²) < 4.78 is 0. The van der Waals surface area contributed by atoms with E-state index in [1.807, 2.05) is 4.90 Å². The van der Waals surface area contributed by atoms with Gasteiger partial charge in [0, 0.05) is 37.1 Å². The van der Waals surface area contributed by atoms with Crippen LogP contribution in [-0.4, -0.2) is 61.0 Å². The van der Waals surface area contributed by atoms with E-state index in [0.717, 1.165) is 42.4 Å². The SMILES string of the molecule is Cc1cc(-c2ccc(C3CCN(C4CNC4)CC3)cc2)sc1C(=O)N1CCCC1. The number of hydrogen-bond donors (Lipinski definition) is 1. The van der Waals surface area contributed by atoms with E-state index in [2.05, 4.69) is 47.5 Å². The number of thiophene rings is 1. The first-order valence-electron chi connectivity index (χ1n) is 11.1. The van der Waals surface area contributed by atoms with Crippen molar-refractivity contribution in [1.29, 1.82) is 0 Å². The van der Waals surface area contributed by atoms with E-state index in [0.29, 0.717) is 5.92 Å². The summed E-state index contributed by atoms with van der Waals surface area (Å²) in [6.45, 7) is 8.69. The molecule has 0 atom stereocenters. The Balaban J connectivity index is 1.26. The molecule has 0 bridgehead atoms. The van der Waals surface area contributed by atoms with Gasteiger partial charge in [0.1, 0.15) is 0 Å². The smallest absolute Gasteiger partial charge is 0.264 e. The maximum Gasteiger partial charge on any atom is 0.264 e. The van der Waals surface area contributed by atoms with Crippen molar-refractivity contribution in [3.05, 3.63) is 46.3 Å². The Labute approximate surface area is 177 Å². The number of piperidine rings is 1. The average molecular weight is 410 g/mol. The van der Waals surface area contributed by atoms with Crippen molar-refractivity contribution in [2.75, 3.05) is 39.3 Å². The number of aryl methyl sites for hydroxylation is 1. The molecular formula is C24H31N3OS. The molecule has 1 amide bonds. The standard InChI is InChI=1S/C24H31N3OS/c1-17-14-22(29-23(17)24(28)27-10-2-3-11-27)20-6-4-18(5-7-20)19-8-12-26(13-9-19)21-15-25-16-21/h4-7,14,19,21,25H,2-3,8-13,15-16H2,1H3. The molecule has 2 aromatic rings. The van der Waals surface area contributed by atoms with E-state index in [1.54, 1.807) is 11.3 Å². The molecule has 29 heavy (non-hydrogen) atoms. The molecule has 154 valence electrons. The largest absolute Gasteiger partial charge is 0.338 e. The van der Waals surface area contributed by atoms with Crippen molar-refractivity contribution in [3.63, 3.8) is 0 Å². The van der Waals surface area contributed by atoms with E-state index in [-0.39, 0.29) is 5.91 Å². The van der Waals surface area contributed by atoms with Crippen LogP contribution in [0.25, 0.3) is 10.4 Å².